The first kappa shape index (κ1) is 14.5. The van der Waals surface area contributed by atoms with E-state index in [1.807, 2.05) is 37.3 Å². The smallest absolute Gasteiger partial charge is 0.146 e. The number of furan rings is 1. The van der Waals surface area contributed by atoms with E-state index in [9.17, 15) is 0 Å². The normalized spacial score (nSPS) is 10.5. The van der Waals surface area contributed by atoms with Crippen LogP contribution in [0.25, 0.3) is 0 Å². The van der Waals surface area contributed by atoms with Crippen LogP contribution < -0.4 is 14.8 Å². The van der Waals surface area contributed by atoms with Crippen molar-refractivity contribution in [1.29, 1.82) is 0 Å². The van der Waals surface area contributed by atoms with Crippen molar-refractivity contribution in [2.45, 2.75) is 27.0 Å². The van der Waals surface area contributed by atoms with Crippen LogP contribution in [0.4, 0.5) is 0 Å². The Labute approximate surface area is 119 Å². The number of rotatable bonds is 8. The molecule has 2 rings (SSSR count). The van der Waals surface area contributed by atoms with Crippen LogP contribution in [0, 0.1) is 0 Å². The van der Waals surface area contributed by atoms with E-state index in [0.29, 0.717) is 13.2 Å². The summed E-state index contributed by atoms with van der Waals surface area (Å²) in [5.41, 5.74) is 1.13. The molecule has 0 saturated carbocycles. The van der Waals surface area contributed by atoms with Gasteiger partial charge in [-0.3, -0.25) is 0 Å². The number of hydrogen-bond donors (Lipinski definition) is 1. The molecule has 0 unspecified atom stereocenters. The van der Waals surface area contributed by atoms with E-state index in [0.717, 1.165) is 35.9 Å². The molecule has 0 aliphatic heterocycles. The number of hydrogen-bond acceptors (Lipinski definition) is 4. The fourth-order valence-electron chi connectivity index (χ4n) is 1.84. The second kappa shape index (κ2) is 7.60. The molecule has 0 aliphatic carbocycles. The SMILES string of the molecule is CCNCc1coc(COc2cccc(OCC)c2)c1. The maximum Gasteiger partial charge on any atom is 0.146 e. The van der Waals surface area contributed by atoms with Crippen LogP contribution in [0.1, 0.15) is 25.2 Å². The molecule has 0 aliphatic rings. The van der Waals surface area contributed by atoms with E-state index in [4.69, 9.17) is 13.9 Å². The average Bonchev–Trinajstić information content (AvgIpc) is 2.92. The highest BCUT2D eigenvalue weighted by atomic mass is 16.5. The molecule has 0 bridgehead atoms. The van der Waals surface area contributed by atoms with E-state index in [-0.39, 0.29) is 0 Å². The van der Waals surface area contributed by atoms with Gasteiger partial charge in [-0.2, -0.15) is 0 Å². The van der Waals surface area contributed by atoms with Gasteiger partial charge in [-0.15, -0.1) is 0 Å². The minimum Gasteiger partial charge on any atom is -0.494 e. The Hall–Kier alpha value is -1.94. The van der Waals surface area contributed by atoms with Crippen molar-refractivity contribution >= 4 is 0 Å². The molecule has 1 N–H and O–H groups in total. The second-order valence-electron chi connectivity index (χ2n) is 4.40. The van der Waals surface area contributed by atoms with Gasteiger partial charge < -0.3 is 19.2 Å². The Morgan fingerprint density at radius 3 is 2.65 bits per heavy atom. The van der Waals surface area contributed by atoms with Crippen LogP contribution in [0.2, 0.25) is 0 Å². The summed E-state index contributed by atoms with van der Waals surface area (Å²) >= 11 is 0. The van der Waals surface area contributed by atoms with E-state index in [2.05, 4.69) is 12.2 Å². The van der Waals surface area contributed by atoms with Gasteiger partial charge >= 0.3 is 0 Å². The summed E-state index contributed by atoms with van der Waals surface area (Å²) in [5.74, 6) is 2.41. The van der Waals surface area contributed by atoms with Gasteiger partial charge in [0.2, 0.25) is 0 Å². The maximum absolute atomic E-state index is 5.70. The predicted octanol–water partition coefficient (Wildman–Crippen LogP) is 3.37. The summed E-state index contributed by atoms with van der Waals surface area (Å²) in [6.45, 7) is 6.87. The van der Waals surface area contributed by atoms with Crippen molar-refractivity contribution in [2.75, 3.05) is 13.2 Å². The Morgan fingerprint density at radius 2 is 1.90 bits per heavy atom. The Bertz CT molecular complexity index is 522. The van der Waals surface area contributed by atoms with Crippen molar-refractivity contribution in [2.24, 2.45) is 0 Å². The van der Waals surface area contributed by atoms with Gasteiger partial charge in [-0.05, 0) is 31.7 Å². The lowest BCUT2D eigenvalue weighted by atomic mass is 10.3. The third-order valence-corrected chi connectivity index (χ3v) is 2.78. The van der Waals surface area contributed by atoms with Crippen LogP contribution >= 0.6 is 0 Å². The molecule has 108 valence electrons. The van der Waals surface area contributed by atoms with Gasteiger partial charge in [0, 0.05) is 18.2 Å². The van der Waals surface area contributed by atoms with Crippen molar-refractivity contribution in [1.82, 2.24) is 5.32 Å². The standard InChI is InChI=1S/C16H21NO3/c1-3-17-10-13-8-16(19-11-13)12-20-15-7-5-6-14(9-15)18-4-2/h5-9,11,17H,3-4,10,12H2,1-2H3. The largest absolute Gasteiger partial charge is 0.494 e. The molecule has 0 amide bonds. The Balaban J connectivity index is 1.88. The first-order chi connectivity index (χ1) is 9.81. The van der Waals surface area contributed by atoms with E-state index < -0.39 is 0 Å². The van der Waals surface area contributed by atoms with E-state index in [1.165, 1.54) is 0 Å². The van der Waals surface area contributed by atoms with E-state index in [1.54, 1.807) is 6.26 Å². The first-order valence-electron chi connectivity index (χ1n) is 6.94. The van der Waals surface area contributed by atoms with Gasteiger partial charge in [0.15, 0.2) is 0 Å². The summed E-state index contributed by atoms with van der Waals surface area (Å²) < 4.78 is 16.6. The zero-order valence-corrected chi connectivity index (χ0v) is 12.0. The fourth-order valence-corrected chi connectivity index (χ4v) is 1.84. The van der Waals surface area contributed by atoms with Crippen molar-refractivity contribution in [3.05, 3.63) is 47.9 Å². The summed E-state index contributed by atoms with van der Waals surface area (Å²) in [6.07, 6.45) is 1.76. The van der Waals surface area contributed by atoms with Gasteiger partial charge in [0.05, 0.1) is 12.9 Å². The lowest BCUT2D eigenvalue weighted by molar-refractivity contribution is 0.267. The molecule has 4 nitrogen and oxygen atoms in total. The molecule has 0 atom stereocenters. The van der Waals surface area contributed by atoms with Gasteiger partial charge in [0.25, 0.3) is 0 Å². The average molecular weight is 275 g/mol. The zero-order valence-electron chi connectivity index (χ0n) is 12.0. The summed E-state index contributed by atoms with van der Waals surface area (Å²) in [4.78, 5) is 0. The molecule has 1 aromatic carbocycles. The molecule has 0 fully saturated rings. The van der Waals surface area contributed by atoms with E-state index >= 15 is 0 Å². The molecule has 0 radical (unpaired) electrons. The van der Waals surface area contributed by atoms with Crippen molar-refractivity contribution in [3.63, 3.8) is 0 Å². The van der Waals surface area contributed by atoms with Crippen LogP contribution in [0.5, 0.6) is 11.5 Å². The van der Waals surface area contributed by atoms with Crippen molar-refractivity contribution < 1.29 is 13.9 Å². The number of benzene rings is 1. The molecular weight excluding hydrogens is 254 g/mol. The summed E-state index contributed by atoms with van der Waals surface area (Å²) in [5, 5.41) is 3.26. The lowest BCUT2D eigenvalue weighted by Gasteiger charge is -2.07. The van der Waals surface area contributed by atoms with Crippen LogP contribution in [0.3, 0.4) is 0 Å². The summed E-state index contributed by atoms with van der Waals surface area (Å²) in [6, 6.07) is 9.63. The number of ether oxygens (including phenoxy) is 2. The van der Waals surface area contributed by atoms with Gasteiger partial charge in [0.1, 0.15) is 23.9 Å². The van der Waals surface area contributed by atoms with Crippen LogP contribution in [-0.2, 0) is 13.2 Å². The highest BCUT2D eigenvalue weighted by Gasteiger charge is 2.03. The minimum absolute atomic E-state index is 0.418. The molecule has 1 heterocycles. The molecule has 1 aromatic heterocycles. The van der Waals surface area contributed by atoms with Crippen LogP contribution in [0.15, 0.2) is 41.0 Å². The Kier molecular flexibility index (Phi) is 5.50. The molecule has 4 heteroatoms. The van der Waals surface area contributed by atoms with Gasteiger partial charge in [-0.1, -0.05) is 13.0 Å². The Morgan fingerprint density at radius 1 is 1.10 bits per heavy atom. The second-order valence-corrected chi connectivity index (χ2v) is 4.40. The van der Waals surface area contributed by atoms with Crippen molar-refractivity contribution in [3.8, 4) is 11.5 Å². The molecular formula is C16H21NO3. The third kappa shape index (κ3) is 4.31. The zero-order chi connectivity index (χ0) is 14.2. The fraction of sp³-hybridized carbons (Fsp3) is 0.375. The minimum atomic E-state index is 0.418. The lowest BCUT2D eigenvalue weighted by Crippen LogP contribution is -2.10. The van der Waals surface area contributed by atoms with Gasteiger partial charge in [-0.25, -0.2) is 0 Å². The first-order valence-corrected chi connectivity index (χ1v) is 6.94. The number of nitrogens with one attached hydrogen (secondary N) is 1. The highest BCUT2D eigenvalue weighted by molar-refractivity contribution is 5.33. The van der Waals surface area contributed by atoms with Crippen LogP contribution in [-0.4, -0.2) is 13.2 Å². The topological polar surface area (TPSA) is 43.6 Å². The molecule has 2 aromatic rings. The quantitative estimate of drug-likeness (QED) is 0.802. The summed E-state index contributed by atoms with van der Waals surface area (Å²) in [7, 11) is 0. The highest BCUT2D eigenvalue weighted by Crippen LogP contribution is 2.20. The molecule has 20 heavy (non-hydrogen) atoms. The monoisotopic (exact) mass is 275 g/mol. The molecule has 0 spiro atoms. The maximum atomic E-state index is 5.70. The predicted molar refractivity (Wildman–Crippen MR) is 78.0 cm³/mol. The molecule has 0 saturated heterocycles. The third-order valence-electron chi connectivity index (χ3n) is 2.78.